The predicted octanol–water partition coefficient (Wildman–Crippen LogP) is 3.83. The molecule has 2 rings (SSSR count). The quantitative estimate of drug-likeness (QED) is 0.891. The highest BCUT2D eigenvalue weighted by molar-refractivity contribution is 6.31. The molecule has 1 unspecified atom stereocenters. The molecule has 0 aromatic heterocycles. The first kappa shape index (κ1) is 13.7. The lowest BCUT2D eigenvalue weighted by Gasteiger charge is -2.38. The Morgan fingerprint density at radius 2 is 2.22 bits per heavy atom. The summed E-state index contributed by atoms with van der Waals surface area (Å²) in [6, 6.07) is 6.95. The number of piperidine rings is 1. The van der Waals surface area contributed by atoms with E-state index in [1.807, 2.05) is 13.1 Å². The van der Waals surface area contributed by atoms with Crippen LogP contribution in [0.4, 0.5) is 5.69 Å². The highest BCUT2D eigenvalue weighted by Crippen LogP contribution is 2.32. The number of hydrogen-bond acceptors (Lipinski definition) is 2. The zero-order valence-electron chi connectivity index (χ0n) is 11.4. The van der Waals surface area contributed by atoms with Crippen LogP contribution in [-0.4, -0.2) is 19.6 Å². The van der Waals surface area contributed by atoms with Gasteiger partial charge in [0.2, 0.25) is 0 Å². The molecule has 1 aliphatic heterocycles. The summed E-state index contributed by atoms with van der Waals surface area (Å²) in [5, 5.41) is 4.10. The molecule has 18 heavy (non-hydrogen) atoms. The van der Waals surface area contributed by atoms with Gasteiger partial charge in [0.15, 0.2) is 0 Å². The molecule has 1 atom stereocenters. The van der Waals surface area contributed by atoms with Gasteiger partial charge < -0.3 is 10.2 Å². The molecule has 1 saturated heterocycles. The third kappa shape index (κ3) is 2.81. The Balaban J connectivity index is 2.33. The molecule has 1 aromatic rings. The lowest BCUT2D eigenvalue weighted by Crippen LogP contribution is -2.39. The van der Waals surface area contributed by atoms with Crippen LogP contribution in [0.15, 0.2) is 18.2 Å². The number of nitrogens with one attached hydrogen (secondary N) is 1. The molecular formula is C15H23ClN2. The van der Waals surface area contributed by atoms with Gasteiger partial charge in [-0.2, -0.15) is 0 Å². The van der Waals surface area contributed by atoms with Crippen molar-refractivity contribution in [1.82, 2.24) is 5.32 Å². The number of rotatable bonds is 4. The van der Waals surface area contributed by atoms with Gasteiger partial charge >= 0.3 is 0 Å². The minimum atomic E-state index is 0.674. The Kier molecular flexibility index (Phi) is 4.90. The molecule has 1 aromatic carbocycles. The van der Waals surface area contributed by atoms with Crippen LogP contribution in [-0.2, 0) is 6.54 Å². The number of halogens is 1. The Bertz CT molecular complexity index is 392. The molecule has 100 valence electrons. The second kappa shape index (κ2) is 6.44. The van der Waals surface area contributed by atoms with E-state index >= 15 is 0 Å². The van der Waals surface area contributed by atoms with Crippen molar-refractivity contribution in [3.05, 3.63) is 28.8 Å². The predicted molar refractivity (Wildman–Crippen MR) is 79.5 cm³/mol. The highest BCUT2D eigenvalue weighted by Gasteiger charge is 2.23. The number of nitrogens with zero attached hydrogens (tertiary/aromatic N) is 1. The topological polar surface area (TPSA) is 15.3 Å². The van der Waals surface area contributed by atoms with Crippen molar-refractivity contribution in [2.24, 2.45) is 0 Å². The molecule has 0 radical (unpaired) electrons. The van der Waals surface area contributed by atoms with E-state index in [1.165, 1.54) is 36.9 Å². The molecule has 1 heterocycles. The number of hydrogen-bond donors (Lipinski definition) is 1. The van der Waals surface area contributed by atoms with E-state index in [0.29, 0.717) is 6.04 Å². The lowest BCUT2D eigenvalue weighted by molar-refractivity contribution is 0.449. The van der Waals surface area contributed by atoms with E-state index in [2.05, 4.69) is 29.3 Å². The van der Waals surface area contributed by atoms with Gasteiger partial charge in [0.05, 0.1) is 0 Å². The maximum absolute atomic E-state index is 6.35. The van der Waals surface area contributed by atoms with E-state index in [4.69, 9.17) is 11.6 Å². The first-order valence-electron chi connectivity index (χ1n) is 6.96. The van der Waals surface area contributed by atoms with E-state index < -0.39 is 0 Å². The average molecular weight is 267 g/mol. The summed E-state index contributed by atoms with van der Waals surface area (Å²) in [6.07, 6.45) is 5.17. The van der Waals surface area contributed by atoms with E-state index in [1.54, 1.807) is 0 Å². The van der Waals surface area contributed by atoms with Crippen molar-refractivity contribution in [3.8, 4) is 0 Å². The Labute approximate surface area is 115 Å². The second-order valence-electron chi connectivity index (χ2n) is 5.02. The summed E-state index contributed by atoms with van der Waals surface area (Å²) in [6.45, 7) is 4.28. The Morgan fingerprint density at radius 1 is 1.39 bits per heavy atom. The minimum absolute atomic E-state index is 0.674. The van der Waals surface area contributed by atoms with E-state index in [-0.39, 0.29) is 0 Å². The van der Waals surface area contributed by atoms with Crippen molar-refractivity contribution >= 4 is 17.3 Å². The monoisotopic (exact) mass is 266 g/mol. The standard InChI is InChI=1S/C15H23ClN2/c1-3-12-7-4-5-10-18(12)15-9-6-8-14(16)13(15)11-17-2/h6,8-9,12,17H,3-5,7,10-11H2,1-2H3. The van der Waals surface area contributed by atoms with Gasteiger partial charge in [0.25, 0.3) is 0 Å². The number of benzene rings is 1. The molecule has 3 heteroatoms. The van der Waals surface area contributed by atoms with Crippen molar-refractivity contribution in [2.45, 2.75) is 45.2 Å². The van der Waals surface area contributed by atoms with Gasteiger partial charge in [0, 0.05) is 35.4 Å². The van der Waals surface area contributed by atoms with Crippen molar-refractivity contribution in [3.63, 3.8) is 0 Å². The van der Waals surface area contributed by atoms with Gasteiger partial charge in [0.1, 0.15) is 0 Å². The molecule has 1 fully saturated rings. The van der Waals surface area contributed by atoms with Gasteiger partial charge in [-0.05, 0) is 44.9 Å². The summed E-state index contributed by atoms with van der Waals surface area (Å²) >= 11 is 6.35. The van der Waals surface area contributed by atoms with Crippen molar-refractivity contribution < 1.29 is 0 Å². The molecular weight excluding hydrogens is 244 g/mol. The first-order chi connectivity index (χ1) is 8.77. The van der Waals surface area contributed by atoms with E-state index in [9.17, 15) is 0 Å². The Hall–Kier alpha value is -0.730. The number of anilines is 1. The fourth-order valence-corrected chi connectivity index (χ4v) is 3.15. The summed E-state index contributed by atoms with van der Waals surface area (Å²) in [4.78, 5) is 2.56. The fourth-order valence-electron chi connectivity index (χ4n) is 2.91. The summed E-state index contributed by atoms with van der Waals surface area (Å²) < 4.78 is 0. The largest absolute Gasteiger partial charge is 0.368 e. The van der Waals surface area contributed by atoms with Gasteiger partial charge in [-0.3, -0.25) is 0 Å². The average Bonchev–Trinajstić information content (AvgIpc) is 2.41. The maximum atomic E-state index is 6.35. The summed E-state index contributed by atoms with van der Waals surface area (Å²) in [7, 11) is 1.97. The third-order valence-electron chi connectivity index (χ3n) is 3.86. The van der Waals surface area contributed by atoms with Crippen molar-refractivity contribution in [1.29, 1.82) is 0 Å². The van der Waals surface area contributed by atoms with Crippen LogP contribution in [0.2, 0.25) is 5.02 Å². The van der Waals surface area contributed by atoms with Gasteiger partial charge in [-0.1, -0.05) is 24.6 Å². The molecule has 0 spiro atoms. The highest BCUT2D eigenvalue weighted by atomic mass is 35.5. The second-order valence-corrected chi connectivity index (χ2v) is 5.43. The molecule has 1 aliphatic rings. The van der Waals surface area contributed by atoms with Gasteiger partial charge in [-0.15, -0.1) is 0 Å². The van der Waals surface area contributed by atoms with Crippen LogP contribution in [0, 0.1) is 0 Å². The van der Waals surface area contributed by atoms with Crippen LogP contribution >= 0.6 is 11.6 Å². The van der Waals surface area contributed by atoms with Gasteiger partial charge in [-0.25, -0.2) is 0 Å². The zero-order chi connectivity index (χ0) is 13.0. The first-order valence-corrected chi connectivity index (χ1v) is 7.34. The normalized spacial score (nSPS) is 20.2. The molecule has 1 N–H and O–H groups in total. The lowest BCUT2D eigenvalue weighted by atomic mass is 9.98. The molecule has 0 aliphatic carbocycles. The molecule has 0 bridgehead atoms. The third-order valence-corrected chi connectivity index (χ3v) is 4.21. The SMILES string of the molecule is CCC1CCCCN1c1cccc(Cl)c1CNC. The van der Waals surface area contributed by atoms with E-state index in [0.717, 1.165) is 18.1 Å². The molecule has 0 amide bonds. The summed E-state index contributed by atoms with van der Waals surface area (Å²) in [5.41, 5.74) is 2.56. The van der Waals surface area contributed by atoms with Crippen LogP contribution in [0.25, 0.3) is 0 Å². The fraction of sp³-hybridized carbons (Fsp3) is 0.600. The molecule has 0 saturated carbocycles. The van der Waals surface area contributed by atoms with Crippen LogP contribution < -0.4 is 10.2 Å². The smallest absolute Gasteiger partial charge is 0.0471 e. The summed E-state index contributed by atoms with van der Waals surface area (Å²) in [5.74, 6) is 0. The van der Waals surface area contributed by atoms with Crippen LogP contribution in [0.5, 0.6) is 0 Å². The maximum Gasteiger partial charge on any atom is 0.0471 e. The van der Waals surface area contributed by atoms with Crippen LogP contribution in [0.1, 0.15) is 38.2 Å². The molecule has 2 nitrogen and oxygen atoms in total. The van der Waals surface area contributed by atoms with Crippen LogP contribution in [0.3, 0.4) is 0 Å². The van der Waals surface area contributed by atoms with Crippen molar-refractivity contribution in [2.75, 3.05) is 18.5 Å². The minimum Gasteiger partial charge on any atom is -0.368 e. The Morgan fingerprint density at radius 3 is 2.94 bits per heavy atom. The zero-order valence-corrected chi connectivity index (χ0v) is 12.1.